The first-order valence-corrected chi connectivity index (χ1v) is 9.18. The fourth-order valence-electron chi connectivity index (χ4n) is 2.80. The Labute approximate surface area is 135 Å². The van der Waals surface area contributed by atoms with Crippen LogP contribution < -0.4 is 5.32 Å². The van der Waals surface area contributed by atoms with Gasteiger partial charge in [0.1, 0.15) is 0 Å². The summed E-state index contributed by atoms with van der Waals surface area (Å²) in [6, 6.07) is 6.10. The molecule has 1 fully saturated rings. The van der Waals surface area contributed by atoms with Crippen molar-refractivity contribution in [2.75, 3.05) is 19.3 Å². The van der Waals surface area contributed by atoms with E-state index in [0.717, 1.165) is 12.7 Å². The van der Waals surface area contributed by atoms with Crippen LogP contribution in [0.4, 0.5) is 0 Å². The zero-order valence-corrected chi connectivity index (χ0v) is 13.7. The smallest absolute Gasteiger partial charge is 0.335 e. The number of carboxylic acids is 1. The number of hydrogen-bond acceptors (Lipinski definition) is 4. The Bertz CT molecular complexity index is 702. The van der Waals surface area contributed by atoms with Crippen molar-refractivity contribution in [2.24, 2.45) is 0 Å². The van der Waals surface area contributed by atoms with E-state index in [1.807, 2.05) is 0 Å². The molecule has 2 rings (SSSR count). The highest BCUT2D eigenvalue weighted by Crippen LogP contribution is 2.19. The van der Waals surface area contributed by atoms with Crippen molar-refractivity contribution in [3.8, 4) is 0 Å². The quantitative estimate of drug-likeness (QED) is 0.783. The number of carbonyl (C=O) groups is 2. The van der Waals surface area contributed by atoms with Gasteiger partial charge in [-0.2, -0.15) is 4.31 Å². The van der Waals surface area contributed by atoms with Crippen LogP contribution in [0, 0.1) is 0 Å². The first-order chi connectivity index (χ1) is 10.8. The van der Waals surface area contributed by atoms with Crippen molar-refractivity contribution in [1.29, 1.82) is 0 Å². The molecule has 0 radical (unpaired) electrons. The van der Waals surface area contributed by atoms with E-state index >= 15 is 0 Å². The van der Waals surface area contributed by atoms with Gasteiger partial charge in [-0.05, 0) is 24.5 Å². The van der Waals surface area contributed by atoms with Crippen molar-refractivity contribution in [3.63, 3.8) is 0 Å². The van der Waals surface area contributed by atoms with Gasteiger partial charge in [-0.15, -0.1) is 0 Å². The molecule has 1 aromatic carbocycles. The Balaban J connectivity index is 1.95. The Morgan fingerprint density at radius 1 is 1.35 bits per heavy atom. The van der Waals surface area contributed by atoms with Gasteiger partial charge >= 0.3 is 5.97 Å². The number of amides is 1. The van der Waals surface area contributed by atoms with E-state index in [-0.39, 0.29) is 30.5 Å². The van der Waals surface area contributed by atoms with Crippen molar-refractivity contribution in [1.82, 2.24) is 9.62 Å². The summed E-state index contributed by atoms with van der Waals surface area (Å²) in [5, 5.41) is 11.8. The fourth-order valence-corrected chi connectivity index (χ4v) is 3.98. The topological polar surface area (TPSA) is 104 Å². The summed E-state index contributed by atoms with van der Waals surface area (Å²) in [6.07, 6.45) is 2.60. The van der Waals surface area contributed by atoms with Crippen LogP contribution in [0.1, 0.15) is 28.8 Å². The van der Waals surface area contributed by atoms with Crippen LogP contribution in [0.2, 0.25) is 0 Å². The maximum absolute atomic E-state index is 12.0. The summed E-state index contributed by atoms with van der Waals surface area (Å²) in [4.78, 5) is 23.1. The number of benzene rings is 1. The normalized spacial score (nSPS) is 18.7. The number of carboxylic acid groups (broad SMARTS) is 1. The zero-order valence-electron chi connectivity index (χ0n) is 12.9. The summed E-state index contributed by atoms with van der Waals surface area (Å²) >= 11 is 0. The van der Waals surface area contributed by atoms with Gasteiger partial charge in [-0.25, -0.2) is 13.2 Å². The molecule has 1 amide bonds. The first-order valence-electron chi connectivity index (χ1n) is 7.33. The van der Waals surface area contributed by atoms with Gasteiger partial charge in [0.05, 0.1) is 18.2 Å². The maximum Gasteiger partial charge on any atom is 0.335 e. The number of nitrogens with one attached hydrogen (secondary N) is 1. The Kier molecular flexibility index (Phi) is 5.38. The highest BCUT2D eigenvalue weighted by atomic mass is 32.2. The van der Waals surface area contributed by atoms with Gasteiger partial charge in [-0.3, -0.25) is 4.79 Å². The molecule has 1 heterocycles. The monoisotopic (exact) mass is 340 g/mol. The van der Waals surface area contributed by atoms with E-state index in [1.54, 1.807) is 18.2 Å². The summed E-state index contributed by atoms with van der Waals surface area (Å²) in [5.41, 5.74) is 0.533. The number of hydrogen-bond donors (Lipinski definition) is 2. The molecular formula is C15H20N2O5S. The van der Waals surface area contributed by atoms with Gasteiger partial charge in [0.15, 0.2) is 0 Å². The van der Waals surface area contributed by atoms with Crippen LogP contribution in [0.3, 0.4) is 0 Å². The lowest BCUT2D eigenvalue weighted by molar-refractivity contribution is -0.120. The molecule has 8 heteroatoms. The molecule has 1 saturated heterocycles. The van der Waals surface area contributed by atoms with Crippen LogP contribution in [-0.4, -0.2) is 55.1 Å². The third kappa shape index (κ3) is 4.52. The third-order valence-corrected chi connectivity index (χ3v) is 5.22. The second kappa shape index (κ2) is 7.10. The summed E-state index contributed by atoms with van der Waals surface area (Å²) in [6.45, 7) is 0.711. The average Bonchev–Trinajstić information content (AvgIpc) is 2.94. The molecule has 1 aliphatic heterocycles. The minimum atomic E-state index is -3.27. The van der Waals surface area contributed by atoms with Crippen LogP contribution in [0.15, 0.2) is 24.3 Å². The van der Waals surface area contributed by atoms with Crippen LogP contribution in [0.25, 0.3) is 0 Å². The highest BCUT2D eigenvalue weighted by molar-refractivity contribution is 7.88. The molecule has 1 aliphatic rings. The predicted molar refractivity (Wildman–Crippen MR) is 84.7 cm³/mol. The lowest BCUT2D eigenvalue weighted by Gasteiger charge is -2.22. The lowest BCUT2D eigenvalue weighted by atomic mass is 10.0. The first kappa shape index (κ1) is 17.4. The van der Waals surface area contributed by atoms with Gasteiger partial charge in [0.2, 0.25) is 15.9 Å². The van der Waals surface area contributed by atoms with Crippen molar-refractivity contribution >= 4 is 21.9 Å². The number of nitrogens with zero attached hydrogens (tertiary/aromatic N) is 1. The van der Waals surface area contributed by atoms with E-state index in [9.17, 15) is 18.0 Å². The summed E-state index contributed by atoms with van der Waals surface area (Å²) in [7, 11) is -3.27. The van der Waals surface area contributed by atoms with Crippen molar-refractivity contribution in [2.45, 2.75) is 25.3 Å². The highest BCUT2D eigenvalue weighted by Gasteiger charge is 2.31. The lowest BCUT2D eigenvalue weighted by Crippen LogP contribution is -2.43. The molecule has 0 aromatic heterocycles. The second-order valence-corrected chi connectivity index (χ2v) is 7.55. The molecule has 7 nitrogen and oxygen atoms in total. The Morgan fingerprint density at radius 3 is 2.70 bits per heavy atom. The van der Waals surface area contributed by atoms with E-state index in [2.05, 4.69) is 5.32 Å². The summed E-state index contributed by atoms with van der Waals surface area (Å²) < 4.78 is 24.7. The van der Waals surface area contributed by atoms with E-state index in [0.29, 0.717) is 18.5 Å². The van der Waals surface area contributed by atoms with Crippen LogP contribution in [0.5, 0.6) is 0 Å². The molecule has 1 aromatic rings. The fraction of sp³-hybridized carbons (Fsp3) is 0.467. The van der Waals surface area contributed by atoms with Crippen LogP contribution >= 0.6 is 0 Å². The molecule has 126 valence electrons. The van der Waals surface area contributed by atoms with Crippen molar-refractivity contribution in [3.05, 3.63) is 35.4 Å². The van der Waals surface area contributed by atoms with E-state index < -0.39 is 16.0 Å². The Hall–Kier alpha value is -1.93. The summed E-state index contributed by atoms with van der Waals surface area (Å²) in [5.74, 6) is -1.40. The molecule has 2 N–H and O–H groups in total. The standard InChI is InChI=1S/C15H20N2O5S/c1-23(21,22)17-8-4-6-12(17)10-16-14(18)9-11-5-2-3-7-13(11)15(19)20/h2-3,5,7,12H,4,6,8-10H2,1H3,(H,16,18)(H,19,20)/t12-/m1/s1. The van der Waals surface area contributed by atoms with Gasteiger partial charge in [-0.1, -0.05) is 18.2 Å². The number of rotatable bonds is 6. The molecular weight excluding hydrogens is 320 g/mol. The van der Waals surface area contributed by atoms with Gasteiger partial charge in [0.25, 0.3) is 0 Å². The van der Waals surface area contributed by atoms with Gasteiger partial charge in [0, 0.05) is 19.1 Å². The van der Waals surface area contributed by atoms with Crippen LogP contribution in [-0.2, 0) is 21.2 Å². The molecule has 0 unspecified atom stereocenters. The Morgan fingerprint density at radius 2 is 2.04 bits per heavy atom. The van der Waals surface area contributed by atoms with E-state index in [1.165, 1.54) is 10.4 Å². The number of carbonyl (C=O) groups excluding carboxylic acids is 1. The number of sulfonamides is 1. The largest absolute Gasteiger partial charge is 0.478 e. The molecule has 0 bridgehead atoms. The zero-order chi connectivity index (χ0) is 17.0. The van der Waals surface area contributed by atoms with Gasteiger partial charge < -0.3 is 10.4 Å². The second-order valence-electron chi connectivity index (χ2n) is 5.61. The minimum absolute atomic E-state index is 0.0476. The van der Waals surface area contributed by atoms with Crippen molar-refractivity contribution < 1.29 is 23.1 Å². The molecule has 0 aliphatic carbocycles. The maximum atomic E-state index is 12.0. The minimum Gasteiger partial charge on any atom is -0.478 e. The molecule has 1 atom stereocenters. The predicted octanol–water partition coefficient (Wildman–Crippen LogP) is 0.468. The third-order valence-electron chi connectivity index (χ3n) is 3.88. The number of aromatic carboxylic acids is 1. The average molecular weight is 340 g/mol. The van der Waals surface area contributed by atoms with E-state index in [4.69, 9.17) is 5.11 Å². The molecule has 0 saturated carbocycles. The SMILES string of the molecule is CS(=O)(=O)N1CCC[C@@H]1CNC(=O)Cc1ccccc1C(=O)O. The molecule has 0 spiro atoms. The molecule has 23 heavy (non-hydrogen) atoms.